The lowest BCUT2D eigenvalue weighted by atomic mass is 10.1. The van der Waals surface area contributed by atoms with E-state index in [1.165, 1.54) is 6.33 Å². The fourth-order valence-corrected chi connectivity index (χ4v) is 4.84. The number of aryl methyl sites for hydroxylation is 1. The molecule has 2 N–H and O–H groups in total. The normalized spacial score (nSPS) is 15.2. The minimum atomic E-state index is -3.22. The number of aliphatic hydroxyl groups is 1. The van der Waals surface area contributed by atoms with Crippen molar-refractivity contribution in [2.45, 2.75) is 17.7 Å². The van der Waals surface area contributed by atoms with Gasteiger partial charge in [-0.05, 0) is 42.2 Å². The van der Waals surface area contributed by atoms with E-state index in [4.69, 9.17) is 0 Å². The Morgan fingerprint density at radius 3 is 2.80 bits per heavy atom. The van der Waals surface area contributed by atoms with E-state index in [2.05, 4.69) is 15.3 Å². The third-order valence-electron chi connectivity index (χ3n) is 4.48. The van der Waals surface area contributed by atoms with Crippen LogP contribution in [0.5, 0.6) is 0 Å². The Hall–Kier alpha value is -2.51. The molecule has 0 radical (unpaired) electrons. The van der Waals surface area contributed by atoms with Gasteiger partial charge in [0.25, 0.3) is 0 Å². The van der Waals surface area contributed by atoms with Crippen molar-refractivity contribution in [3.8, 4) is 0 Å². The lowest BCUT2D eigenvalue weighted by Gasteiger charge is -2.14. The first-order valence-electron chi connectivity index (χ1n) is 8.05. The van der Waals surface area contributed by atoms with Crippen LogP contribution in [0.25, 0.3) is 10.9 Å². The number of benzene rings is 2. The minimum absolute atomic E-state index is 0.0524. The highest BCUT2D eigenvalue weighted by molar-refractivity contribution is 7.91. The quantitative estimate of drug-likeness (QED) is 0.746. The molecule has 3 aromatic rings. The highest BCUT2D eigenvalue weighted by atomic mass is 32.2. The summed E-state index contributed by atoms with van der Waals surface area (Å²) in [6, 6.07) is 11.0. The molecule has 0 spiro atoms. The highest BCUT2D eigenvalue weighted by Gasteiger charge is 2.29. The molecule has 0 bridgehead atoms. The van der Waals surface area contributed by atoms with E-state index in [1.807, 2.05) is 24.3 Å². The zero-order chi connectivity index (χ0) is 17.4. The first-order valence-corrected chi connectivity index (χ1v) is 9.70. The number of aliphatic hydroxyl groups excluding tert-OH is 1. The number of nitrogens with one attached hydrogen (secondary N) is 1. The smallest absolute Gasteiger partial charge is 0.179 e. The van der Waals surface area contributed by atoms with Crippen molar-refractivity contribution < 1.29 is 13.5 Å². The van der Waals surface area contributed by atoms with E-state index < -0.39 is 9.84 Å². The van der Waals surface area contributed by atoms with Crippen LogP contribution in [-0.4, -0.2) is 35.9 Å². The van der Waals surface area contributed by atoms with Crippen molar-refractivity contribution >= 4 is 32.2 Å². The van der Waals surface area contributed by atoms with Crippen molar-refractivity contribution in [3.63, 3.8) is 0 Å². The lowest BCUT2D eigenvalue weighted by molar-refractivity contribution is 0.300. The molecule has 2 aromatic carbocycles. The Morgan fingerprint density at radius 1 is 1.12 bits per heavy atom. The molecule has 0 aliphatic carbocycles. The fraction of sp³-hybridized carbons (Fsp3) is 0.222. The van der Waals surface area contributed by atoms with Crippen molar-refractivity contribution in [1.29, 1.82) is 0 Å². The number of rotatable bonds is 4. The number of nitrogens with zero attached hydrogens (tertiary/aromatic N) is 2. The predicted molar refractivity (Wildman–Crippen MR) is 95.8 cm³/mol. The zero-order valence-corrected chi connectivity index (χ0v) is 14.3. The predicted octanol–water partition coefficient (Wildman–Crippen LogP) is 2.24. The lowest BCUT2D eigenvalue weighted by Crippen LogP contribution is -2.02. The van der Waals surface area contributed by atoms with Gasteiger partial charge in [-0.1, -0.05) is 18.2 Å². The molecule has 7 heteroatoms. The van der Waals surface area contributed by atoms with Crippen LogP contribution in [0.3, 0.4) is 0 Å². The largest absolute Gasteiger partial charge is 0.396 e. The Bertz CT molecular complexity index is 1060. The number of hydrogen-bond acceptors (Lipinski definition) is 6. The Labute approximate surface area is 145 Å². The van der Waals surface area contributed by atoms with E-state index in [0.29, 0.717) is 29.1 Å². The second-order valence-corrected chi connectivity index (χ2v) is 8.06. The molecule has 0 fully saturated rings. The maximum atomic E-state index is 12.2. The van der Waals surface area contributed by atoms with Crippen LogP contribution >= 0.6 is 0 Å². The van der Waals surface area contributed by atoms with Crippen molar-refractivity contribution in [3.05, 3.63) is 53.9 Å². The molecule has 1 aliphatic heterocycles. The summed E-state index contributed by atoms with van der Waals surface area (Å²) in [6.07, 6.45) is 2.46. The molecule has 1 aliphatic rings. The standard InChI is InChI=1S/C18H17N3O3S/c22-9-7-12-3-1-2-4-14(12)21-18-17-13-8-10-25(23,24)16(13)6-5-15(17)19-11-20-18/h1-6,11,22H,7-10H2,(H,19,20,21). The molecule has 6 nitrogen and oxygen atoms in total. The van der Waals surface area contributed by atoms with Gasteiger partial charge >= 0.3 is 0 Å². The Kier molecular flexibility index (Phi) is 3.89. The SMILES string of the molecule is O=S1(=O)CCc2c1ccc1ncnc(Nc3ccccc3CCO)c21. The summed E-state index contributed by atoms with van der Waals surface area (Å²) in [5.41, 5.74) is 3.31. The van der Waals surface area contributed by atoms with Gasteiger partial charge in [-0.25, -0.2) is 18.4 Å². The van der Waals surface area contributed by atoms with Crippen molar-refractivity contribution in [2.75, 3.05) is 17.7 Å². The number of fused-ring (bicyclic) bond motifs is 3. The van der Waals surface area contributed by atoms with Gasteiger partial charge in [-0.3, -0.25) is 0 Å². The first kappa shape index (κ1) is 16.0. The molecule has 0 atom stereocenters. The van der Waals surface area contributed by atoms with Gasteiger partial charge in [0, 0.05) is 17.7 Å². The van der Waals surface area contributed by atoms with Gasteiger partial charge < -0.3 is 10.4 Å². The van der Waals surface area contributed by atoms with Gasteiger partial charge in [0.2, 0.25) is 0 Å². The van der Waals surface area contributed by atoms with Crippen LogP contribution in [0.15, 0.2) is 47.6 Å². The van der Waals surface area contributed by atoms with E-state index >= 15 is 0 Å². The van der Waals surface area contributed by atoms with Crippen LogP contribution in [0.4, 0.5) is 11.5 Å². The molecule has 128 valence electrons. The fourth-order valence-electron chi connectivity index (χ4n) is 3.29. The summed E-state index contributed by atoms with van der Waals surface area (Å²) in [7, 11) is -3.22. The molecule has 1 aromatic heterocycles. The van der Waals surface area contributed by atoms with Crippen LogP contribution < -0.4 is 5.32 Å². The van der Waals surface area contributed by atoms with E-state index in [0.717, 1.165) is 22.2 Å². The van der Waals surface area contributed by atoms with Gasteiger partial charge in [0.05, 0.1) is 16.2 Å². The summed E-state index contributed by atoms with van der Waals surface area (Å²) < 4.78 is 24.4. The van der Waals surface area contributed by atoms with Crippen LogP contribution in [-0.2, 0) is 22.7 Å². The summed E-state index contributed by atoms with van der Waals surface area (Å²) in [5, 5.41) is 13.3. The summed E-state index contributed by atoms with van der Waals surface area (Å²) in [6.45, 7) is 0.0524. The average molecular weight is 355 g/mol. The maximum Gasteiger partial charge on any atom is 0.179 e. The second-order valence-electron chi connectivity index (χ2n) is 5.98. The molecular weight excluding hydrogens is 338 g/mol. The molecular formula is C18H17N3O3S. The number of sulfone groups is 1. The summed E-state index contributed by atoms with van der Waals surface area (Å²) in [5.74, 6) is 0.709. The number of aromatic nitrogens is 2. The minimum Gasteiger partial charge on any atom is -0.396 e. The van der Waals surface area contributed by atoms with Crippen LogP contribution in [0.2, 0.25) is 0 Å². The van der Waals surface area contributed by atoms with Crippen molar-refractivity contribution in [1.82, 2.24) is 9.97 Å². The Morgan fingerprint density at radius 2 is 1.96 bits per heavy atom. The topological polar surface area (TPSA) is 92.2 Å². The maximum absolute atomic E-state index is 12.2. The van der Waals surface area contributed by atoms with E-state index in [9.17, 15) is 13.5 Å². The number of hydrogen-bond donors (Lipinski definition) is 2. The molecule has 4 rings (SSSR count). The molecule has 0 amide bonds. The van der Waals surface area contributed by atoms with Crippen molar-refractivity contribution in [2.24, 2.45) is 0 Å². The number of anilines is 2. The van der Waals surface area contributed by atoms with Gasteiger partial charge in [-0.2, -0.15) is 0 Å². The third-order valence-corrected chi connectivity index (χ3v) is 6.27. The molecule has 25 heavy (non-hydrogen) atoms. The third kappa shape index (κ3) is 2.75. The Balaban J connectivity index is 1.88. The first-order chi connectivity index (χ1) is 12.1. The monoisotopic (exact) mass is 355 g/mol. The molecule has 2 heterocycles. The van der Waals surface area contributed by atoms with E-state index in [-0.39, 0.29) is 12.4 Å². The zero-order valence-electron chi connectivity index (χ0n) is 13.4. The highest BCUT2D eigenvalue weighted by Crippen LogP contribution is 2.35. The second kappa shape index (κ2) is 6.09. The summed E-state index contributed by atoms with van der Waals surface area (Å²) >= 11 is 0. The average Bonchev–Trinajstić information content (AvgIpc) is 2.92. The molecule has 0 unspecified atom stereocenters. The van der Waals surface area contributed by atoms with Gasteiger partial charge in [-0.15, -0.1) is 0 Å². The molecule has 0 saturated heterocycles. The van der Waals surface area contributed by atoms with Gasteiger partial charge in [0.15, 0.2) is 9.84 Å². The van der Waals surface area contributed by atoms with Crippen LogP contribution in [0, 0.1) is 0 Å². The van der Waals surface area contributed by atoms with Crippen LogP contribution in [0.1, 0.15) is 11.1 Å². The summed E-state index contributed by atoms with van der Waals surface area (Å²) in [4.78, 5) is 9.01. The van der Waals surface area contributed by atoms with E-state index in [1.54, 1.807) is 12.1 Å². The number of para-hydroxylation sites is 1. The molecule has 0 saturated carbocycles. The van der Waals surface area contributed by atoms with Gasteiger partial charge in [0.1, 0.15) is 12.1 Å².